The number of benzene rings is 1. The van der Waals surface area contributed by atoms with Gasteiger partial charge in [-0.2, -0.15) is 4.39 Å². The molecular weight excluding hydrogens is 507 g/mol. The van der Waals surface area contributed by atoms with Crippen LogP contribution in [0.1, 0.15) is 32.0 Å². The maximum Gasteiger partial charge on any atom is 0.215 e. The van der Waals surface area contributed by atoms with Gasteiger partial charge in [0.15, 0.2) is 0 Å². The molecule has 31 heavy (non-hydrogen) atoms. The molecule has 2 aromatic rings. The van der Waals surface area contributed by atoms with Crippen molar-refractivity contribution in [2.75, 3.05) is 4.93 Å². The van der Waals surface area contributed by atoms with Crippen LogP contribution in [-0.2, 0) is 0 Å². The smallest absolute Gasteiger partial charge is 0.215 e. The van der Waals surface area contributed by atoms with Crippen LogP contribution < -0.4 is 0 Å². The lowest BCUT2D eigenvalue weighted by Gasteiger charge is -2.16. The zero-order valence-electron chi connectivity index (χ0n) is 18.2. The second-order valence-electron chi connectivity index (χ2n) is 5.47. The van der Waals surface area contributed by atoms with Crippen molar-refractivity contribution in [2.24, 2.45) is 0 Å². The van der Waals surface area contributed by atoms with E-state index in [0.717, 1.165) is 0 Å². The monoisotopic (exact) mass is 535 g/mol. The Bertz CT molecular complexity index is 962. The van der Waals surface area contributed by atoms with Crippen molar-refractivity contribution in [3.63, 3.8) is 0 Å². The van der Waals surface area contributed by atoms with Gasteiger partial charge < -0.3 is 0 Å². The van der Waals surface area contributed by atoms with E-state index in [0.29, 0.717) is 5.57 Å². The van der Waals surface area contributed by atoms with Gasteiger partial charge in [-0.05, 0) is 41.7 Å². The molecule has 0 bridgehead atoms. The minimum atomic E-state index is -1.25. The standard InChI is InChI=1S/C22H19F2N3.C2H6.CH3I/c1-3-5-10-15(4-2)19(21(25)16-11-6-7-12-17(16)23)20(22(24)26)18-13-8-9-14-27-18;2*1-2/h3-14,25-26H,1H2,2H3;1-2H3;1H3/b10-5-,15-4+,20-19-,25-21?,26-22?;;. The Morgan fingerprint density at radius 3 is 2.16 bits per heavy atom. The topological polar surface area (TPSA) is 60.6 Å². The average Bonchev–Trinajstić information content (AvgIpc) is 2.81. The Morgan fingerprint density at radius 1 is 1.06 bits per heavy atom. The van der Waals surface area contributed by atoms with Crippen molar-refractivity contribution in [1.82, 2.24) is 4.98 Å². The van der Waals surface area contributed by atoms with Crippen molar-refractivity contribution < 1.29 is 8.78 Å². The Balaban J connectivity index is 0.00000212. The third kappa shape index (κ3) is 8.13. The fraction of sp³-hybridized carbons (Fsp3) is 0.160. The summed E-state index contributed by atoms with van der Waals surface area (Å²) in [7, 11) is 0. The molecule has 0 atom stereocenters. The first-order valence-electron chi connectivity index (χ1n) is 9.58. The summed E-state index contributed by atoms with van der Waals surface area (Å²) in [5.41, 5.74) is 0.308. The molecule has 2 rings (SSSR count). The van der Waals surface area contributed by atoms with Gasteiger partial charge >= 0.3 is 0 Å². The average molecular weight is 535 g/mol. The molecule has 0 fully saturated rings. The summed E-state index contributed by atoms with van der Waals surface area (Å²) in [4.78, 5) is 6.09. The fourth-order valence-electron chi connectivity index (χ4n) is 2.57. The fourth-order valence-corrected chi connectivity index (χ4v) is 2.57. The summed E-state index contributed by atoms with van der Waals surface area (Å²) in [5.74, 6) is -1.86. The van der Waals surface area contributed by atoms with Gasteiger partial charge in [-0.25, -0.2) is 4.39 Å². The maximum atomic E-state index is 14.3. The maximum absolute atomic E-state index is 14.3. The number of rotatable bonds is 7. The van der Waals surface area contributed by atoms with Crippen LogP contribution in [0.4, 0.5) is 8.78 Å². The molecule has 0 radical (unpaired) electrons. The lowest BCUT2D eigenvalue weighted by molar-refractivity contribution is 0.625. The van der Waals surface area contributed by atoms with E-state index in [2.05, 4.69) is 34.2 Å². The van der Waals surface area contributed by atoms with Crippen molar-refractivity contribution in [2.45, 2.75) is 20.8 Å². The number of alkyl halides is 1. The van der Waals surface area contributed by atoms with Crippen LogP contribution in [0.15, 0.2) is 90.7 Å². The van der Waals surface area contributed by atoms with E-state index in [4.69, 9.17) is 10.8 Å². The number of hydrogen-bond acceptors (Lipinski definition) is 3. The second-order valence-corrected chi connectivity index (χ2v) is 5.47. The molecule has 0 aliphatic carbocycles. The molecule has 0 aliphatic heterocycles. The first kappa shape index (κ1) is 28.3. The number of aromatic nitrogens is 1. The lowest BCUT2D eigenvalue weighted by Crippen LogP contribution is -2.13. The van der Waals surface area contributed by atoms with Gasteiger partial charge in [0.2, 0.25) is 5.97 Å². The van der Waals surface area contributed by atoms with Crippen molar-refractivity contribution in [3.05, 3.63) is 108 Å². The predicted octanol–water partition coefficient (Wildman–Crippen LogP) is 7.76. The van der Waals surface area contributed by atoms with Crippen LogP contribution in [0.3, 0.4) is 0 Å². The Morgan fingerprint density at radius 2 is 1.68 bits per heavy atom. The van der Waals surface area contributed by atoms with Crippen molar-refractivity contribution in [3.8, 4) is 0 Å². The van der Waals surface area contributed by atoms with E-state index >= 15 is 0 Å². The lowest BCUT2D eigenvalue weighted by atomic mass is 9.89. The normalized spacial score (nSPS) is 11.4. The number of hydrogen-bond donors (Lipinski definition) is 2. The molecule has 1 heterocycles. The van der Waals surface area contributed by atoms with Gasteiger partial charge in [-0.15, -0.1) is 0 Å². The van der Waals surface area contributed by atoms with Crippen LogP contribution in [0.2, 0.25) is 0 Å². The van der Waals surface area contributed by atoms with Crippen LogP contribution in [0.5, 0.6) is 0 Å². The van der Waals surface area contributed by atoms with E-state index in [1.807, 2.05) is 18.8 Å². The number of allylic oxidation sites excluding steroid dienone is 7. The summed E-state index contributed by atoms with van der Waals surface area (Å²) >= 11 is 2.15. The number of nitrogens with zero attached hydrogens (tertiary/aromatic N) is 1. The molecule has 0 saturated heterocycles. The summed E-state index contributed by atoms with van der Waals surface area (Å²) in [6.07, 6.45) is 7.93. The highest BCUT2D eigenvalue weighted by Crippen LogP contribution is 2.29. The number of nitrogens with one attached hydrogen (secondary N) is 2. The Hall–Kier alpha value is -2.74. The van der Waals surface area contributed by atoms with E-state index in [1.165, 1.54) is 30.5 Å². The van der Waals surface area contributed by atoms with Crippen LogP contribution in [0, 0.1) is 16.6 Å². The minimum absolute atomic E-state index is 0.00790. The van der Waals surface area contributed by atoms with Gasteiger partial charge in [0.1, 0.15) is 5.82 Å². The highest BCUT2D eigenvalue weighted by Gasteiger charge is 2.23. The van der Waals surface area contributed by atoms with E-state index < -0.39 is 11.8 Å². The van der Waals surface area contributed by atoms with E-state index in [9.17, 15) is 8.78 Å². The molecule has 0 amide bonds. The largest absolute Gasteiger partial charge is 0.299 e. The Kier molecular flexibility index (Phi) is 14.6. The minimum Gasteiger partial charge on any atom is -0.299 e. The molecular formula is C25H28F2IN3. The first-order valence-corrected chi connectivity index (χ1v) is 11.7. The highest BCUT2D eigenvalue weighted by molar-refractivity contribution is 14.1. The summed E-state index contributed by atoms with van der Waals surface area (Å²) in [5, 5.41) is 16.2. The van der Waals surface area contributed by atoms with Crippen LogP contribution in [0.25, 0.3) is 5.57 Å². The molecule has 164 valence electrons. The Labute approximate surface area is 197 Å². The molecule has 3 nitrogen and oxygen atoms in total. The second kappa shape index (κ2) is 16.0. The van der Waals surface area contributed by atoms with Crippen molar-refractivity contribution in [1.29, 1.82) is 10.8 Å². The summed E-state index contributed by atoms with van der Waals surface area (Å²) < 4.78 is 28.6. The predicted molar refractivity (Wildman–Crippen MR) is 138 cm³/mol. The molecule has 0 aliphatic rings. The molecule has 0 unspecified atom stereocenters. The van der Waals surface area contributed by atoms with Gasteiger partial charge in [0.25, 0.3) is 0 Å². The van der Waals surface area contributed by atoms with Gasteiger partial charge in [-0.3, -0.25) is 15.8 Å². The zero-order chi connectivity index (χ0) is 23.8. The van der Waals surface area contributed by atoms with Gasteiger partial charge in [0.05, 0.1) is 17.0 Å². The number of halogens is 3. The molecule has 1 aromatic heterocycles. The summed E-state index contributed by atoms with van der Waals surface area (Å²) in [6.45, 7) is 9.33. The third-order valence-electron chi connectivity index (χ3n) is 3.80. The molecule has 6 heteroatoms. The first-order chi connectivity index (χ1) is 15.0. The SMILES string of the molecule is C=C\C=C/C(=C\C)C(/C(=N)c1ccccc1F)=C(/C(=N)F)c1ccccn1.CC.CI. The van der Waals surface area contributed by atoms with Crippen LogP contribution >= 0.6 is 22.6 Å². The van der Waals surface area contributed by atoms with Gasteiger partial charge in [0, 0.05) is 17.3 Å². The zero-order valence-corrected chi connectivity index (χ0v) is 20.4. The highest BCUT2D eigenvalue weighted by atomic mass is 127. The molecule has 0 saturated carbocycles. The summed E-state index contributed by atoms with van der Waals surface area (Å²) in [6, 6.07) is 10.7. The van der Waals surface area contributed by atoms with Crippen LogP contribution in [-0.4, -0.2) is 21.6 Å². The molecule has 1 aromatic carbocycles. The van der Waals surface area contributed by atoms with E-state index in [1.54, 1.807) is 49.4 Å². The van der Waals surface area contributed by atoms with Crippen molar-refractivity contribution >= 4 is 39.8 Å². The van der Waals surface area contributed by atoms with Gasteiger partial charge in [-0.1, -0.05) is 85.5 Å². The number of pyridine rings is 1. The molecule has 0 spiro atoms. The quantitative estimate of drug-likeness (QED) is 0.162. The molecule has 2 N–H and O–H groups in total. The van der Waals surface area contributed by atoms with E-state index in [-0.39, 0.29) is 28.1 Å². The third-order valence-corrected chi connectivity index (χ3v) is 3.80.